The Hall–Kier alpha value is -1.13. The Morgan fingerprint density at radius 1 is 1.11 bits per heavy atom. The zero-order valence-electron chi connectivity index (χ0n) is 10.7. The van der Waals surface area contributed by atoms with E-state index in [0.717, 1.165) is 50.0 Å². The van der Waals surface area contributed by atoms with E-state index in [0.29, 0.717) is 0 Å². The smallest absolute Gasteiger partial charge is 0.0838 e. The van der Waals surface area contributed by atoms with Crippen molar-refractivity contribution in [3.05, 3.63) is 17.2 Å². The Bertz CT molecular complexity index is 443. The SMILES string of the molecule is CN1CCNc2cc(Cl)cc(N3CCNCC3)c21. The number of hydrogen-bond donors (Lipinski definition) is 2. The van der Waals surface area contributed by atoms with Gasteiger partial charge in [-0.3, -0.25) is 0 Å². The summed E-state index contributed by atoms with van der Waals surface area (Å²) in [5, 5.41) is 7.64. The molecule has 0 aliphatic carbocycles. The second-order valence-electron chi connectivity index (χ2n) is 4.91. The predicted molar refractivity (Wildman–Crippen MR) is 78.3 cm³/mol. The minimum atomic E-state index is 0.810. The summed E-state index contributed by atoms with van der Waals surface area (Å²) in [4.78, 5) is 4.74. The molecule has 1 saturated heterocycles. The summed E-state index contributed by atoms with van der Waals surface area (Å²) >= 11 is 6.25. The number of piperazine rings is 1. The average Bonchev–Trinajstić information content (AvgIpc) is 2.39. The first-order chi connectivity index (χ1) is 8.75. The standard InChI is InChI=1S/C13H19ClN4/c1-17-5-4-16-11-8-10(14)9-12(13(11)17)18-6-2-15-3-7-18/h8-9,15-16H,2-7H2,1H3. The van der Waals surface area contributed by atoms with E-state index in [1.165, 1.54) is 11.4 Å². The lowest BCUT2D eigenvalue weighted by Crippen LogP contribution is -2.44. The van der Waals surface area contributed by atoms with E-state index in [1.54, 1.807) is 0 Å². The van der Waals surface area contributed by atoms with Gasteiger partial charge in [-0.15, -0.1) is 0 Å². The summed E-state index contributed by atoms with van der Waals surface area (Å²) in [6.07, 6.45) is 0. The van der Waals surface area contributed by atoms with Gasteiger partial charge in [0.1, 0.15) is 0 Å². The van der Waals surface area contributed by atoms with Crippen LogP contribution in [0.5, 0.6) is 0 Å². The molecule has 5 heteroatoms. The fourth-order valence-electron chi connectivity index (χ4n) is 2.74. The second-order valence-corrected chi connectivity index (χ2v) is 5.34. The quantitative estimate of drug-likeness (QED) is 0.809. The van der Waals surface area contributed by atoms with Crippen LogP contribution in [-0.2, 0) is 0 Å². The van der Waals surface area contributed by atoms with Crippen LogP contribution in [0.15, 0.2) is 12.1 Å². The number of likely N-dealkylation sites (N-methyl/N-ethyl adjacent to an activating group) is 1. The summed E-state index contributed by atoms with van der Waals surface area (Å²) in [5.41, 5.74) is 3.70. The molecule has 0 atom stereocenters. The first-order valence-electron chi connectivity index (χ1n) is 6.50. The maximum absolute atomic E-state index is 6.25. The van der Waals surface area contributed by atoms with Gasteiger partial charge >= 0.3 is 0 Å². The summed E-state index contributed by atoms with van der Waals surface area (Å²) < 4.78 is 0. The molecule has 2 aliphatic rings. The lowest BCUT2D eigenvalue weighted by Gasteiger charge is -2.37. The molecular formula is C13H19ClN4. The van der Waals surface area contributed by atoms with E-state index in [-0.39, 0.29) is 0 Å². The van der Waals surface area contributed by atoms with Crippen LogP contribution in [0.2, 0.25) is 5.02 Å². The highest BCUT2D eigenvalue weighted by Crippen LogP contribution is 2.40. The average molecular weight is 267 g/mol. The fourth-order valence-corrected chi connectivity index (χ4v) is 2.95. The van der Waals surface area contributed by atoms with Crippen molar-refractivity contribution in [3.63, 3.8) is 0 Å². The summed E-state index contributed by atoms with van der Waals surface area (Å²) in [5.74, 6) is 0. The van der Waals surface area contributed by atoms with Crippen molar-refractivity contribution in [1.82, 2.24) is 5.32 Å². The Kier molecular flexibility index (Phi) is 3.22. The van der Waals surface area contributed by atoms with Crippen LogP contribution in [0, 0.1) is 0 Å². The molecule has 2 heterocycles. The predicted octanol–water partition coefficient (Wildman–Crippen LogP) is 1.61. The Morgan fingerprint density at radius 3 is 2.67 bits per heavy atom. The molecule has 1 aromatic rings. The van der Waals surface area contributed by atoms with Crippen molar-refractivity contribution in [2.24, 2.45) is 0 Å². The number of fused-ring (bicyclic) bond motifs is 1. The van der Waals surface area contributed by atoms with E-state index in [9.17, 15) is 0 Å². The van der Waals surface area contributed by atoms with Crippen LogP contribution in [0.4, 0.5) is 17.1 Å². The molecule has 1 fully saturated rings. The first-order valence-corrected chi connectivity index (χ1v) is 6.88. The molecule has 18 heavy (non-hydrogen) atoms. The van der Waals surface area contributed by atoms with E-state index >= 15 is 0 Å². The highest BCUT2D eigenvalue weighted by atomic mass is 35.5. The van der Waals surface area contributed by atoms with Crippen LogP contribution in [-0.4, -0.2) is 46.3 Å². The highest BCUT2D eigenvalue weighted by molar-refractivity contribution is 6.31. The number of nitrogens with zero attached hydrogens (tertiary/aromatic N) is 2. The lowest BCUT2D eigenvalue weighted by atomic mass is 10.1. The molecule has 3 rings (SSSR count). The van der Waals surface area contributed by atoms with Crippen LogP contribution in [0.3, 0.4) is 0 Å². The Balaban J connectivity index is 2.03. The fraction of sp³-hybridized carbons (Fsp3) is 0.538. The zero-order chi connectivity index (χ0) is 12.5. The number of halogens is 1. The van der Waals surface area contributed by atoms with Crippen LogP contribution < -0.4 is 20.4 Å². The lowest BCUT2D eigenvalue weighted by molar-refractivity contribution is 0.589. The Labute approximate surface area is 113 Å². The largest absolute Gasteiger partial charge is 0.381 e. The molecule has 1 aromatic carbocycles. The number of rotatable bonds is 1. The number of anilines is 3. The molecule has 0 aromatic heterocycles. The number of hydrogen-bond acceptors (Lipinski definition) is 4. The highest BCUT2D eigenvalue weighted by Gasteiger charge is 2.22. The van der Waals surface area contributed by atoms with Gasteiger partial charge in [0, 0.05) is 51.3 Å². The van der Waals surface area contributed by atoms with E-state index in [4.69, 9.17) is 11.6 Å². The van der Waals surface area contributed by atoms with Crippen molar-refractivity contribution in [2.45, 2.75) is 0 Å². The van der Waals surface area contributed by atoms with Crippen LogP contribution >= 0.6 is 11.6 Å². The van der Waals surface area contributed by atoms with Crippen molar-refractivity contribution in [3.8, 4) is 0 Å². The topological polar surface area (TPSA) is 30.5 Å². The molecular weight excluding hydrogens is 248 g/mol. The van der Waals surface area contributed by atoms with Crippen LogP contribution in [0.25, 0.3) is 0 Å². The molecule has 2 aliphatic heterocycles. The molecule has 0 saturated carbocycles. The first kappa shape index (κ1) is 11.9. The van der Waals surface area contributed by atoms with Gasteiger partial charge in [0.05, 0.1) is 17.1 Å². The molecule has 0 bridgehead atoms. The maximum atomic E-state index is 6.25. The van der Waals surface area contributed by atoms with E-state index in [2.05, 4.69) is 33.5 Å². The third-order valence-electron chi connectivity index (χ3n) is 3.66. The minimum absolute atomic E-state index is 0.810. The maximum Gasteiger partial charge on any atom is 0.0838 e. The third kappa shape index (κ3) is 2.10. The van der Waals surface area contributed by atoms with Crippen molar-refractivity contribution in [1.29, 1.82) is 0 Å². The van der Waals surface area contributed by atoms with E-state index in [1.807, 2.05) is 6.07 Å². The Morgan fingerprint density at radius 2 is 1.89 bits per heavy atom. The van der Waals surface area contributed by atoms with Crippen molar-refractivity contribution in [2.75, 3.05) is 61.4 Å². The summed E-state index contributed by atoms with van der Waals surface area (Å²) in [6, 6.07) is 4.12. The van der Waals surface area contributed by atoms with Gasteiger partial charge in [-0.05, 0) is 12.1 Å². The van der Waals surface area contributed by atoms with E-state index < -0.39 is 0 Å². The summed E-state index contributed by atoms with van der Waals surface area (Å²) in [7, 11) is 2.15. The molecule has 2 N–H and O–H groups in total. The number of benzene rings is 1. The van der Waals surface area contributed by atoms with Gasteiger partial charge in [0.15, 0.2) is 0 Å². The molecule has 0 unspecified atom stereocenters. The molecule has 0 spiro atoms. The van der Waals surface area contributed by atoms with Crippen molar-refractivity contribution < 1.29 is 0 Å². The van der Waals surface area contributed by atoms with Gasteiger partial charge in [0.2, 0.25) is 0 Å². The number of nitrogens with one attached hydrogen (secondary N) is 2. The van der Waals surface area contributed by atoms with Crippen molar-refractivity contribution >= 4 is 28.7 Å². The van der Waals surface area contributed by atoms with Gasteiger partial charge in [-0.1, -0.05) is 11.6 Å². The van der Waals surface area contributed by atoms with Gasteiger partial charge < -0.3 is 20.4 Å². The van der Waals surface area contributed by atoms with Gasteiger partial charge in [0.25, 0.3) is 0 Å². The monoisotopic (exact) mass is 266 g/mol. The zero-order valence-corrected chi connectivity index (χ0v) is 11.4. The normalized spacial score (nSPS) is 19.4. The van der Waals surface area contributed by atoms with Gasteiger partial charge in [-0.25, -0.2) is 0 Å². The van der Waals surface area contributed by atoms with Gasteiger partial charge in [-0.2, -0.15) is 0 Å². The van der Waals surface area contributed by atoms with Crippen LogP contribution in [0.1, 0.15) is 0 Å². The minimum Gasteiger partial charge on any atom is -0.381 e. The molecule has 4 nitrogen and oxygen atoms in total. The summed E-state index contributed by atoms with van der Waals surface area (Å²) in [6.45, 7) is 6.18. The molecule has 98 valence electrons. The molecule has 0 amide bonds. The second kappa shape index (κ2) is 4.86. The molecule has 0 radical (unpaired) electrons. The third-order valence-corrected chi connectivity index (χ3v) is 3.87.